The Kier molecular flexibility index (Phi) is 4.99. The minimum Gasteiger partial charge on any atom is -0.496 e. The number of nitrogens with two attached hydrogens (primary N) is 1. The van der Waals surface area contributed by atoms with Crippen molar-refractivity contribution in [2.45, 2.75) is 38.9 Å². The normalized spacial score (nSPS) is 19.7. The molecule has 0 aromatic heterocycles. The van der Waals surface area contributed by atoms with Gasteiger partial charge in [-0.05, 0) is 51.4 Å². The molecule has 1 fully saturated rings. The van der Waals surface area contributed by atoms with E-state index in [4.69, 9.17) is 19.8 Å². The van der Waals surface area contributed by atoms with Gasteiger partial charge in [0, 0.05) is 17.7 Å². The van der Waals surface area contributed by atoms with Gasteiger partial charge in [-0.2, -0.15) is 0 Å². The Morgan fingerprint density at radius 1 is 1.26 bits per heavy atom. The van der Waals surface area contributed by atoms with Crippen LogP contribution in [0.15, 0.2) is 23.7 Å². The van der Waals surface area contributed by atoms with Gasteiger partial charge in [-0.1, -0.05) is 6.08 Å². The standard InChI is InChI=1S/C17H24BNO4/c1-16(2)17(3,4)23-18(22-16)14(10-19)9-13-8-12(11-20)6-7-15(13)21-5/h6-9,11H,10,19H2,1-5H3. The van der Waals surface area contributed by atoms with Crippen LogP contribution in [0, 0.1) is 0 Å². The maximum Gasteiger partial charge on any atom is 0.491 e. The lowest BCUT2D eigenvalue weighted by atomic mass is 9.77. The second-order valence-electron chi connectivity index (χ2n) is 6.63. The molecule has 1 aliphatic heterocycles. The third-order valence-electron chi connectivity index (χ3n) is 4.52. The van der Waals surface area contributed by atoms with Crippen molar-refractivity contribution in [1.29, 1.82) is 0 Å². The number of carbonyl (C=O) groups is 1. The molecule has 0 unspecified atom stereocenters. The van der Waals surface area contributed by atoms with Crippen LogP contribution in [0.2, 0.25) is 0 Å². The van der Waals surface area contributed by atoms with E-state index in [1.54, 1.807) is 25.3 Å². The summed E-state index contributed by atoms with van der Waals surface area (Å²) in [5.41, 5.74) is 7.18. The summed E-state index contributed by atoms with van der Waals surface area (Å²) in [5.74, 6) is 0.665. The quantitative estimate of drug-likeness (QED) is 0.667. The third-order valence-corrected chi connectivity index (χ3v) is 4.52. The molecule has 0 aliphatic carbocycles. The summed E-state index contributed by atoms with van der Waals surface area (Å²) in [6.07, 6.45) is 2.67. The molecular weight excluding hydrogens is 293 g/mol. The summed E-state index contributed by atoms with van der Waals surface area (Å²) >= 11 is 0. The molecule has 1 heterocycles. The van der Waals surface area contributed by atoms with Crippen LogP contribution < -0.4 is 10.5 Å². The topological polar surface area (TPSA) is 70.8 Å². The van der Waals surface area contributed by atoms with E-state index in [9.17, 15) is 4.79 Å². The lowest BCUT2D eigenvalue weighted by Gasteiger charge is -2.32. The van der Waals surface area contributed by atoms with Crippen LogP contribution in [0.5, 0.6) is 5.75 Å². The summed E-state index contributed by atoms with van der Waals surface area (Å²) < 4.78 is 17.4. The minimum absolute atomic E-state index is 0.283. The molecule has 0 bridgehead atoms. The second-order valence-corrected chi connectivity index (χ2v) is 6.63. The Labute approximate surface area is 137 Å². The summed E-state index contributed by atoms with van der Waals surface area (Å²) in [5, 5.41) is 0. The highest BCUT2D eigenvalue weighted by molar-refractivity contribution is 6.56. The highest BCUT2D eigenvalue weighted by Crippen LogP contribution is 2.39. The van der Waals surface area contributed by atoms with Gasteiger partial charge in [0.15, 0.2) is 0 Å². The molecule has 0 amide bonds. The average molecular weight is 317 g/mol. The lowest BCUT2D eigenvalue weighted by Crippen LogP contribution is -2.41. The van der Waals surface area contributed by atoms with E-state index in [-0.39, 0.29) is 6.54 Å². The number of carbonyl (C=O) groups excluding carboxylic acids is 1. The molecule has 0 atom stereocenters. The Bertz CT molecular complexity index is 609. The number of methoxy groups -OCH3 is 1. The highest BCUT2D eigenvalue weighted by atomic mass is 16.7. The fourth-order valence-corrected chi connectivity index (χ4v) is 2.36. The average Bonchev–Trinajstić information content (AvgIpc) is 2.72. The predicted octanol–water partition coefficient (Wildman–Crippen LogP) is 2.48. The number of ether oxygens (including phenoxy) is 1. The molecule has 23 heavy (non-hydrogen) atoms. The summed E-state index contributed by atoms with van der Waals surface area (Å²) in [7, 11) is 1.07. The van der Waals surface area contributed by atoms with E-state index in [1.807, 2.05) is 33.8 Å². The summed E-state index contributed by atoms with van der Waals surface area (Å²) in [6, 6.07) is 5.22. The molecule has 124 valence electrons. The molecule has 1 saturated heterocycles. The number of rotatable bonds is 5. The molecule has 0 spiro atoms. The van der Waals surface area contributed by atoms with E-state index in [1.165, 1.54) is 0 Å². The van der Waals surface area contributed by atoms with Crippen LogP contribution in [0.3, 0.4) is 0 Å². The molecule has 2 N–H and O–H groups in total. The SMILES string of the molecule is COc1ccc(C=O)cc1C=C(CN)B1OC(C)(C)C(C)(C)O1. The largest absolute Gasteiger partial charge is 0.496 e. The molecular formula is C17H24BNO4. The number of benzene rings is 1. The fourth-order valence-electron chi connectivity index (χ4n) is 2.36. The Hall–Kier alpha value is -1.63. The zero-order valence-electron chi connectivity index (χ0n) is 14.4. The molecule has 6 heteroatoms. The zero-order valence-corrected chi connectivity index (χ0v) is 14.4. The van der Waals surface area contributed by atoms with E-state index >= 15 is 0 Å². The first kappa shape index (κ1) is 17.7. The van der Waals surface area contributed by atoms with Crippen molar-refractivity contribution in [2.24, 2.45) is 5.73 Å². The van der Waals surface area contributed by atoms with Gasteiger partial charge in [0.1, 0.15) is 12.0 Å². The van der Waals surface area contributed by atoms with Crippen molar-refractivity contribution >= 4 is 19.5 Å². The first-order valence-corrected chi connectivity index (χ1v) is 7.63. The second kappa shape index (κ2) is 6.47. The van der Waals surface area contributed by atoms with Crippen LogP contribution in [-0.4, -0.2) is 38.3 Å². The van der Waals surface area contributed by atoms with Crippen molar-refractivity contribution < 1.29 is 18.8 Å². The van der Waals surface area contributed by atoms with E-state index in [2.05, 4.69) is 0 Å². The molecule has 0 saturated carbocycles. The van der Waals surface area contributed by atoms with Gasteiger partial charge in [0.2, 0.25) is 0 Å². The van der Waals surface area contributed by atoms with Crippen LogP contribution in [-0.2, 0) is 9.31 Å². The van der Waals surface area contributed by atoms with Gasteiger partial charge in [-0.3, -0.25) is 4.79 Å². The minimum atomic E-state index is -0.519. The molecule has 2 rings (SSSR count). The molecule has 1 aromatic rings. The van der Waals surface area contributed by atoms with Crippen molar-refractivity contribution in [3.63, 3.8) is 0 Å². The Morgan fingerprint density at radius 3 is 2.35 bits per heavy atom. The van der Waals surface area contributed by atoms with E-state index in [0.717, 1.165) is 17.3 Å². The smallest absolute Gasteiger partial charge is 0.491 e. The fraction of sp³-hybridized carbons (Fsp3) is 0.471. The van der Waals surface area contributed by atoms with Gasteiger partial charge in [-0.15, -0.1) is 0 Å². The highest BCUT2D eigenvalue weighted by Gasteiger charge is 2.52. The molecule has 1 aromatic carbocycles. The lowest BCUT2D eigenvalue weighted by molar-refractivity contribution is 0.00578. The van der Waals surface area contributed by atoms with Gasteiger partial charge >= 0.3 is 7.12 Å². The first-order valence-electron chi connectivity index (χ1n) is 7.63. The van der Waals surface area contributed by atoms with Crippen molar-refractivity contribution in [3.05, 3.63) is 34.8 Å². The Morgan fingerprint density at radius 2 is 1.87 bits per heavy atom. The van der Waals surface area contributed by atoms with Crippen LogP contribution in [0.4, 0.5) is 0 Å². The van der Waals surface area contributed by atoms with Crippen LogP contribution in [0.1, 0.15) is 43.6 Å². The maximum atomic E-state index is 11.0. The number of hydrogen-bond acceptors (Lipinski definition) is 5. The maximum absolute atomic E-state index is 11.0. The predicted molar refractivity (Wildman–Crippen MR) is 91.5 cm³/mol. The summed E-state index contributed by atoms with van der Waals surface area (Å²) in [4.78, 5) is 11.0. The van der Waals surface area contributed by atoms with E-state index in [0.29, 0.717) is 11.3 Å². The van der Waals surface area contributed by atoms with E-state index < -0.39 is 18.3 Å². The van der Waals surface area contributed by atoms with Crippen molar-refractivity contribution in [2.75, 3.05) is 13.7 Å². The Balaban J connectivity index is 2.39. The first-order chi connectivity index (χ1) is 10.7. The molecule has 1 aliphatic rings. The van der Waals surface area contributed by atoms with Crippen molar-refractivity contribution in [3.8, 4) is 5.75 Å². The monoisotopic (exact) mass is 317 g/mol. The van der Waals surface area contributed by atoms with Gasteiger partial charge in [0.25, 0.3) is 0 Å². The van der Waals surface area contributed by atoms with Gasteiger partial charge in [-0.25, -0.2) is 0 Å². The van der Waals surface area contributed by atoms with Crippen LogP contribution >= 0.6 is 0 Å². The zero-order chi connectivity index (χ0) is 17.3. The molecule has 0 radical (unpaired) electrons. The number of aldehydes is 1. The van der Waals surface area contributed by atoms with Crippen LogP contribution in [0.25, 0.3) is 6.08 Å². The van der Waals surface area contributed by atoms with Gasteiger partial charge in [0.05, 0.1) is 18.3 Å². The third kappa shape index (κ3) is 3.49. The molecule has 5 nitrogen and oxygen atoms in total. The van der Waals surface area contributed by atoms with Gasteiger partial charge < -0.3 is 19.8 Å². The van der Waals surface area contributed by atoms with Crippen molar-refractivity contribution in [1.82, 2.24) is 0 Å². The summed E-state index contributed by atoms with van der Waals surface area (Å²) in [6.45, 7) is 8.26. The number of hydrogen-bond donors (Lipinski definition) is 1.